The standard InChI is InChI=1S/C22H23N5O/c1-16-23-24-20(28-16)14-7-6-9-17-10-8-13-19(15-17)22-21(25-27(2)26-22)18-11-4-3-5-12-18/h3-6,8-13,15,22,26H,7,14H2,1-2H3/b9-6+. The first-order valence-electron chi connectivity index (χ1n) is 9.38. The van der Waals surface area contributed by atoms with E-state index in [-0.39, 0.29) is 6.04 Å². The van der Waals surface area contributed by atoms with Crippen molar-refractivity contribution in [2.75, 3.05) is 7.05 Å². The number of hydrazine groups is 1. The lowest BCUT2D eigenvalue weighted by atomic mass is 9.96. The average molecular weight is 373 g/mol. The summed E-state index contributed by atoms with van der Waals surface area (Å²) >= 11 is 0. The summed E-state index contributed by atoms with van der Waals surface area (Å²) in [5.41, 5.74) is 7.90. The zero-order chi connectivity index (χ0) is 19.3. The largest absolute Gasteiger partial charge is 0.426 e. The molecule has 6 nitrogen and oxygen atoms in total. The van der Waals surface area contributed by atoms with E-state index in [1.54, 1.807) is 12.0 Å². The van der Waals surface area contributed by atoms with E-state index in [4.69, 9.17) is 4.42 Å². The van der Waals surface area contributed by atoms with Crippen LogP contribution in [0, 0.1) is 6.92 Å². The van der Waals surface area contributed by atoms with Gasteiger partial charge in [0.1, 0.15) is 0 Å². The van der Waals surface area contributed by atoms with Gasteiger partial charge in [0.05, 0.1) is 11.8 Å². The molecule has 0 fully saturated rings. The summed E-state index contributed by atoms with van der Waals surface area (Å²) in [7, 11) is 1.92. The second-order valence-corrected chi connectivity index (χ2v) is 6.76. The van der Waals surface area contributed by atoms with E-state index in [0.717, 1.165) is 29.7 Å². The lowest BCUT2D eigenvalue weighted by molar-refractivity contribution is 0.263. The molecule has 1 aliphatic heterocycles. The second kappa shape index (κ2) is 8.19. The van der Waals surface area contributed by atoms with Crippen LogP contribution in [0.5, 0.6) is 0 Å². The lowest BCUT2D eigenvalue weighted by Gasteiger charge is -2.16. The van der Waals surface area contributed by atoms with Crippen molar-refractivity contribution in [2.45, 2.75) is 25.8 Å². The summed E-state index contributed by atoms with van der Waals surface area (Å²) in [6.07, 6.45) is 5.87. The van der Waals surface area contributed by atoms with Gasteiger partial charge in [0, 0.05) is 20.4 Å². The topological polar surface area (TPSA) is 66.6 Å². The molecule has 0 aliphatic carbocycles. The molecule has 0 spiro atoms. The number of rotatable bonds is 6. The van der Waals surface area contributed by atoms with Gasteiger partial charge in [-0.1, -0.05) is 60.7 Å². The maximum atomic E-state index is 5.40. The third kappa shape index (κ3) is 4.18. The van der Waals surface area contributed by atoms with Crippen molar-refractivity contribution < 1.29 is 4.42 Å². The van der Waals surface area contributed by atoms with Gasteiger partial charge in [0.15, 0.2) is 0 Å². The molecule has 0 saturated heterocycles. The molecule has 1 aromatic heterocycles. The summed E-state index contributed by atoms with van der Waals surface area (Å²) in [6, 6.07) is 18.8. The number of nitrogens with zero attached hydrogens (tertiary/aromatic N) is 4. The van der Waals surface area contributed by atoms with Crippen LogP contribution in [0.4, 0.5) is 0 Å². The van der Waals surface area contributed by atoms with Gasteiger partial charge in [-0.05, 0) is 29.2 Å². The SMILES string of the molecule is Cc1nnc(CC/C=C/c2cccc(C3NN(C)N=C3c3ccccc3)c2)o1. The lowest BCUT2D eigenvalue weighted by Crippen LogP contribution is -2.29. The highest BCUT2D eigenvalue weighted by Crippen LogP contribution is 2.25. The molecule has 1 atom stereocenters. The molecule has 0 amide bonds. The molecule has 0 radical (unpaired) electrons. The number of nitrogens with one attached hydrogen (secondary N) is 1. The van der Waals surface area contributed by atoms with Gasteiger partial charge >= 0.3 is 0 Å². The normalized spacial score (nSPS) is 16.7. The molecule has 3 aromatic rings. The number of aromatic nitrogens is 2. The zero-order valence-corrected chi connectivity index (χ0v) is 16.0. The number of hydrogen-bond acceptors (Lipinski definition) is 6. The van der Waals surface area contributed by atoms with E-state index in [9.17, 15) is 0 Å². The Morgan fingerprint density at radius 1 is 1.11 bits per heavy atom. The van der Waals surface area contributed by atoms with E-state index in [1.807, 2.05) is 25.2 Å². The number of hydrazone groups is 1. The predicted molar refractivity (Wildman–Crippen MR) is 109 cm³/mol. The third-order valence-electron chi connectivity index (χ3n) is 4.56. The highest BCUT2D eigenvalue weighted by Gasteiger charge is 2.26. The van der Waals surface area contributed by atoms with Crippen LogP contribution in [0.3, 0.4) is 0 Å². The molecule has 1 aliphatic rings. The molecule has 142 valence electrons. The number of benzene rings is 2. The van der Waals surface area contributed by atoms with Gasteiger partial charge in [-0.3, -0.25) is 0 Å². The van der Waals surface area contributed by atoms with Crippen molar-refractivity contribution in [1.82, 2.24) is 20.7 Å². The van der Waals surface area contributed by atoms with Crippen molar-refractivity contribution in [3.63, 3.8) is 0 Å². The second-order valence-electron chi connectivity index (χ2n) is 6.76. The molecule has 2 heterocycles. The van der Waals surface area contributed by atoms with E-state index in [2.05, 4.69) is 69.3 Å². The Hall–Kier alpha value is -3.25. The van der Waals surface area contributed by atoms with Crippen LogP contribution in [-0.2, 0) is 6.42 Å². The fourth-order valence-corrected chi connectivity index (χ4v) is 3.27. The summed E-state index contributed by atoms with van der Waals surface area (Å²) < 4.78 is 5.40. The highest BCUT2D eigenvalue weighted by molar-refractivity contribution is 6.05. The maximum absolute atomic E-state index is 5.40. The fraction of sp³-hybridized carbons (Fsp3) is 0.227. The maximum Gasteiger partial charge on any atom is 0.216 e. The molecular formula is C22H23N5O. The molecule has 0 bridgehead atoms. The van der Waals surface area contributed by atoms with Gasteiger partial charge in [-0.15, -0.1) is 10.2 Å². The minimum atomic E-state index is 0.0297. The Bertz CT molecular complexity index is 993. The van der Waals surface area contributed by atoms with Gasteiger partial charge in [0.25, 0.3) is 0 Å². The summed E-state index contributed by atoms with van der Waals surface area (Å²) in [6.45, 7) is 1.80. The van der Waals surface area contributed by atoms with E-state index < -0.39 is 0 Å². The van der Waals surface area contributed by atoms with Gasteiger partial charge in [-0.2, -0.15) is 5.10 Å². The zero-order valence-electron chi connectivity index (χ0n) is 16.0. The Morgan fingerprint density at radius 3 is 2.75 bits per heavy atom. The molecule has 0 saturated carbocycles. The minimum Gasteiger partial charge on any atom is -0.426 e. The van der Waals surface area contributed by atoms with Gasteiger partial charge in [-0.25, -0.2) is 10.5 Å². The van der Waals surface area contributed by atoms with E-state index in [1.165, 1.54) is 5.56 Å². The first kappa shape index (κ1) is 18.1. The van der Waals surface area contributed by atoms with Crippen molar-refractivity contribution in [3.8, 4) is 0 Å². The minimum absolute atomic E-state index is 0.0297. The Balaban J connectivity index is 1.47. The fourth-order valence-electron chi connectivity index (χ4n) is 3.27. The van der Waals surface area contributed by atoms with E-state index in [0.29, 0.717) is 11.8 Å². The van der Waals surface area contributed by atoms with E-state index >= 15 is 0 Å². The smallest absolute Gasteiger partial charge is 0.216 e. The van der Waals surface area contributed by atoms with Gasteiger partial charge in [0.2, 0.25) is 11.8 Å². The van der Waals surface area contributed by atoms with Crippen LogP contribution in [-0.4, -0.2) is 28.1 Å². The average Bonchev–Trinajstić information content (AvgIpc) is 3.31. The van der Waals surface area contributed by atoms with Crippen LogP contribution in [0.15, 0.2) is 70.2 Å². The van der Waals surface area contributed by atoms with Crippen molar-refractivity contribution in [1.29, 1.82) is 0 Å². The Labute approximate surface area is 164 Å². The Kier molecular flexibility index (Phi) is 5.30. The van der Waals surface area contributed by atoms with Crippen LogP contribution >= 0.6 is 0 Å². The molecular weight excluding hydrogens is 350 g/mol. The molecule has 1 N–H and O–H groups in total. The third-order valence-corrected chi connectivity index (χ3v) is 4.56. The number of aryl methyl sites for hydroxylation is 2. The molecule has 1 unspecified atom stereocenters. The van der Waals surface area contributed by atoms with Crippen LogP contribution in [0.2, 0.25) is 0 Å². The van der Waals surface area contributed by atoms with Crippen LogP contribution < -0.4 is 5.43 Å². The predicted octanol–water partition coefficient (Wildman–Crippen LogP) is 3.92. The van der Waals surface area contributed by atoms with Crippen LogP contribution in [0.1, 0.15) is 40.9 Å². The summed E-state index contributed by atoms with van der Waals surface area (Å²) in [4.78, 5) is 0. The summed E-state index contributed by atoms with van der Waals surface area (Å²) in [5, 5.41) is 14.3. The molecule has 2 aromatic carbocycles. The van der Waals surface area contributed by atoms with Crippen molar-refractivity contribution in [3.05, 3.63) is 89.1 Å². The Morgan fingerprint density at radius 2 is 1.96 bits per heavy atom. The highest BCUT2D eigenvalue weighted by atomic mass is 16.4. The molecule has 4 rings (SSSR count). The van der Waals surface area contributed by atoms with Crippen molar-refractivity contribution in [2.24, 2.45) is 5.10 Å². The van der Waals surface area contributed by atoms with Gasteiger partial charge < -0.3 is 4.42 Å². The first-order valence-corrected chi connectivity index (χ1v) is 9.38. The summed E-state index contributed by atoms with van der Waals surface area (Å²) in [5.74, 6) is 1.29. The molecule has 28 heavy (non-hydrogen) atoms. The number of hydrogen-bond donors (Lipinski definition) is 1. The number of allylic oxidation sites excluding steroid dienone is 1. The monoisotopic (exact) mass is 373 g/mol. The molecule has 6 heteroatoms. The van der Waals surface area contributed by atoms with Crippen molar-refractivity contribution >= 4 is 11.8 Å². The van der Waals surface area contributed by atoms with Crippen LogP contribution in [0.25, 0.3) is 6.08 Å². The quantitative estimate of drug-likeness (QED) is 0.709. The first-order chi connectivity index (χ1) is 13.7.